The van der Waals surface area contributed by atoms with Crippen LogP contribution in [0.2, 0.25) is 0 Å². The molecule has 5 rings (SSSR count). The van der Waals surface area contributed by atoms with Gasteiger partial charge in [-0.05, 0) is 58.7 Å². The van der Waals surface area contributed by atoms with Crippen molar-refractivity contribution in [1.82, 2.24) is 29.7 Å². The van der Waals surface area contributed by atoms with Crippen LogP contribution in [0, 0.1) is 16.7 Å². The first-order chi connectivity index (χ1) is 18.2. The first-order valence-corrected chi connectivity index (χ1v) is 13.2. The number of hydrogen-bond donors (Lipinski definition) is 1. The van der Waals surface area contributed by atoms with Gasteiger partial charge in [0.25, 0.3) is 0 Å². The molecule has 0 unspecified atom stereocenters. The molecule has 1 aliphatic rings. The van der Waals surface area contributed by atoms with Gasteiger partial charge in [0.1, 0.15) is 11.9 Å². The predicted octanol–water partition coefficient (Wildman–Crippen LogP) is 4.84. The fraction of sp³-hybridized carbons (Fsp3) is 0.414. The molecular weight excluding hydrogens is 476 g/mol. The Bertz CT molecular complexity index is 1500. The maximum atomic E-state index is 12.7. The normalized spacial score (nSPS) is 15.3. The van der Waals surface area contributed by atoms with Crippen LogP contribution in [0.4, 0.5) is 5.82 Å². The summed E-state index contributed by atoms with van der Waals surface area (Å²) in [5, 5.41) is 21.7. The fourth-order valence-corrected chi connectivity index (χ4v) is 4.98. The molecule has 0 radical (unpaired) electrons. The van der Waals surface area contributed by atoms with Gasteiger partial charge in [-0.15, -0.1) is 0 Å². The molecule has 1 N–H and O–H groups in total. The number of anilines is 1. The molecule has 196 valence electrons. The van der Waals surface area contributed by atoms with Crippen LogP contribution in [0.25, 0.3) is 27.8 Å². The van der Waals surface area contributed by atoms with Crippen LogP contribution >= 0.6 is 0 Å². The third-order valence-corrected chi connectivity index (χ3v) is 7.41. The van der Waals surface area contributed by atoms with Crippen molar-refractivity contribution in [2.75, 3.05) is 18.0 Å². The average molecular weight is 511 g/mol. The molecule has 1 amide bonds. The van der Waals surface area contributed by atoms with E-state index in [0.717, 1.165) is 59.5 Å². The van der Waals surface area contributed by atoms with Crippen LogP contribution in [-0.4, -0.2) is 49.4 Å². The Morgan fingerprint density at radius 2 is 1.79 bits per heavy atom. The van der Waals surface area contributed by atoms with Gasteiger partial charge in [0.05, 0.1) is 23.5 Å². The number of nitrogens with zero attached hydrogens (tertiary/aromatic N) is 7. The summed E-state index contributed by atoms with van der Waals surface area (Å²) in [6, 6.07) is 8.82. The molecule has 0 saturated carbocycles. The number of rotatable bonds is 6. The molecule has 4 aromatic heterocycles. The summed E-state index contributed by atoms with van der Waals surface area (Å²) in [5.74, 6) is 1.02. The summed E-state index contributed by atoms with van der Waals surface area (Å²) < 4.78 is 3.69. The number of amides is 1. The summed E-state index contributed by atoms with van der Waals surface area (Å²) in [5.41, 5.74) is 4.67. The molecular formula is C29H34N8O. The van der Waals surface area contributed by atoms with Gasteiger partial charge in [0.15, 0.2) is 0 Å². The second-order valence-corrected chi connectivity index (χ2v) is 11.0. The summed E-state index contributed by atoms with van der Waals surface area (Å²) >= 11 is 0. The Kier molecular flexibility index (Phi) is 6.66. The van der Waals surface area contributed by atoms with Crippen molar-refractivity contribution in [3.05, 3.63) is 54.7 Å². The smallest absolute Gasteiger partial charge is 0.226 e. The quantitative estimate of drug-likeness (QED) is 0.398. The van der Waals surface area contributed by atoms with E-state index in [0.29, 0.717) is 5.56 Å². The molecule has 0 aliphatic carbocycles. The number of fused-ring (bicyclic) bond motifs is 1. The Balaban J connectivity index is 1.43. The van der Waals surface area contributed by atoms with Crippen LogP contribution in [-0.2, 0) is 4.79 Å². The van der Waals surface area contributed by atoms with E-state index in [9.17, 15) is 10.1 Å². The largest absolute Gasteiger partial charge is 0.357 e. The molecule has 9 nitrogen and oxygen atoms in total. The van der Waals surface area contributed by atoms with Crippen molar-refractivity contribution in [2.45, 2.75) is 59.5 Å². The summed E-state index contributed by atoms with van der Waals surface area (Å²) in [6.07, 6.45) is 10.8. The van der Waals surface area contributed by atoms with E-state index in [1.54, 1.807) is 10.7 Å². The third kappa shape index (κ3) is 4.74. The second-order valence-electron chi connectivity index (χ2n) is 11.0. The van der Waals surface area contributed by atoms with Crippen molar-refractivity contribution < 1.29 is 4.79 Å². The molecule has 1 fully saturated rings. The zero-order chi connectivity index (χ0) is 27.0. The number of piperidine rings is 1. The molecule has 5 heterocycles. The SMILES string of the molecule is CC(C)NC(=O)C1(C)CCN(c2ccc(-c3cc(-c4cnn(C(C)C)c4)cn4ncc(C#N)c34)cn2)CC1. The molecule has 1 saturated heterocycles. The standard InChI is InChI=1S/C29H34N8O/c1-19(2)34-28(38)29(5)8-10-35(11-9-29)26-7-6-21(14-31-26)25-12-22(24-16-32-36(18-24)20(3)4)17-37-27(25)23(13-30)15-33-37/h6-7,12,14-20H,8-11H2,1-5H3,(H,34,38). The lowest BCUT2D eigenvalue weighted by Crippen LogP contribution is -2.49. The van der Waals surface area contributed by atoms with Crippen molar-refractivity contribution in [2.24, 2.45) is 5.41 Å². The lowest BCUT2D eigenvalue weighted by Gasteiger charge is -2.39. The summed E-state index contributed by atoms with van der Waals surface area (Å²) in [4.78, 5) is 19.7. The summed E-state index contributed by atoms with van der Waals surface area (Å²) in [6.45, 7) is 11.8. The van der Waals surface area contributed by atoms with E-state index in [-0.39, 0.29) is 23.4 Å². The fourth-order valence-electron chi connectivity index (χ4n) is 4.98. The topological polar surface area (TPSA) is 104 Å². The highest BCUT2D eigenvalue weighted by Gasteiger charge is 2.37. The third-order valence-electron chi connectivity index (χ3n) is 7.41. The Morgan fingerprint density at radius 1 is 1.03 bits per heavy atom. The number of nitrogens with one attached hydrogen (secondary N) is 1. The van der Waals surface area contributed by atoms with Gasteiger partial charge in [-0.2, -0.15) is 15.5 Å². The van der Waals surface area contributed by atoms with Crippen LogP contribution < -0.4 is 10.2 Å². The van der Waals surface area contributed by atoms with E-state index >= 15 is 0 Å². The first-order valence-electron chi connectivity index (χ1n) is 13.2. The summed E-state index contributed by atoms with van der Waals surface area (Å²) in [7, 11) is 0. The van der Waals surface area contributed by atoms with Crippen molar-refractivity contribution >= 4 is 17.2 Å². The molecule has 9 heteroatoms. The van der Waals surface area contributed by atoms with Crippen LogP contribution in [0.5, 0.6) is 0 Å². The highest BCUT2D eigenvalue weighted by Crippen LogP contribution is 2.35. The maximum Gasteiger partial charge on any atom is 0.226 e. The minimum absolute atomic E-state index is 0.132. The zero-order valence-corrected chi connectivity index (χ0v) is 22.6. The van der Waals surface area contributed by atoms with E-state index in [2.05, 4.69) is 53.3 Å². The van der Waals surface area contributed by atoms with Crippen molar-refractivity contribution in [1.29, 1.82) is 5.26 Å². The molecule has 0 spiro atoms. The van der Waals surface area contributed by atoms with E-state index in [1.807, 2.05) is 55.4 Å². The molecule has 4 aromatic rings. The van der Waals surface area contributed by atoms with Gasteiger partial charge in [-0.3, -0.25) is 9.48 Å². The van der Waals surface area contributed by atoms with Gasteiger partial charge in [0, 0.05) is 71.4 Å². The van der Waals surface area contributed by atoms with E-state index in [4.69, 9.17) is 4.98 Å². The number of nitriles is 1. The Morgan fingerprint density at radius 3 is 2.39 bits per heavy atom. The first kappa shape index (κ1) is 25.5. The predicted molar refractivity (Wildman–Crippen MR) is 148 cm³/mol. The lowest BCUT2D eigenvalue weighted by molar-refractivity contribution is -0.131. The lowest BCUT2D eigenvalue weighted by atomic mass is 9.79. The molecule has 0 bridgehead atoms. The van der Waals surface area contributed by atoms with Crippen LogP contribution in [0.15, 0.2) is 49.2 Å². The van der Waals surface area contributed by atoms with Gasteiger partial charge >= 0.3 is 0 Å². The zero-order valence-electron chi connectivity index (χ0n) is 22.6. The minimum atomic E-state index is -0.355. The van der Waals surface area contributed by atoms with E-state index in [1.165, 1.54) is 0 Å². The monoisotopic (exact) mass is 510 g/mol. The number of pyridine rings is 2. The van der Waals surface area contributed by atoms with Crippen molar-refractivity contribution in [3.8, 4) is 28.3 Å². The second kappa shape index (κ2) is 9.93. The van der Waals surface area contributed by atoms with Gasteiger partial charge < -0.3 is 10.2 Å². The molecule has 0 aromatic carbocycles. The average Bonchev–Trinajstić information content (AvgIpc) is 3.56. The van der Waals surface area contributed by atoms with Gasteiger partial charge in [0.2, 0.25) is 5.91 Å². The Hall–Kier alpha value is -4.19. The highest BCUT2D eigenvalue weighted by molar-refractivity contribution is 5.87. The maximum absolute atomic E-state index is 12.7. The van der Waals surface area contributed by atoms with Gasteiger partial charge in [-0.1, -0.05) is 6.92 Å². The Labute approximate surface area is 223 Å². The minimum Gasteiger partial charge on any atom is -0.357 e. The number of carbonyl (C=O) groups excluding carboxylic acids is 1. The highest BCUT2D eigenvalue weighted by atomic mass is 16.2. The van der Waals surface area contributed by atoms with Crippen LogP contribution in [0.3, 0.4) is 0 Å². The van der Waals surface area contributed by atoms with E-state index < -0.39 is 0 Å². The number of hydrogen-bond acceptors (Lipinski definition) is 6. The number of carbonyl (C=O) groups is 1. The van der Waals surface area contributed by atoms with Crippen molar-refractivity contribution in [3.63, 3.8) is 0 Å². The van der Waals surface area contributed by atoms with Gasteiger partial charge in [-0.25, -0.2) is 9.50 Å². The van der Waals surface area contributed by atoms with Crippen LogP contribution in [0.1, 0.15) is 59.1 Å². The molecule has 0 atom stereocenters. The molecule has 1 aliphatic heterocycles. The number of aromatic nitrogens is 5. The molecule has 38 heavy (non-hydrogen) atoms.